The van der Waals surface area contributed by atoms with Crippen LogP contribution in [0.3, 0.4) is 0 Å². The highest BCUT2D eigenvalue weighted by Crippen LogP contribution is 2.29. The second-order valence-corrected chi connectivity index (χ2v) is 8.14. The largest absolute Gasteiger partial charge is 0.497 e. The Hall–Kier alpha value is -3.58. The Morgan fingerprint density at radius 3 is 2.12 bits per heavy atom. The van der Waals surface area contributed by atoms with Crippen molar-refractivity contribution in [3.63, 3.8) is 0 Å². The van der Waals surface area contributed by atoms with Gasteiger partial charge in [0.25, 0.3) is 0 Å². The lowest BCUT2D eigenvalue weighted by Gasteiger charge is -2.29. The molecular formula is C25H24N4O2S. The van der Waals surface area contributed by atoms with Crippen LogP contribution in [0.25, 0.3) is 5.69 Å². The van der Waals surface area contributed by atoms with Gasteiger partial charge in [-0.25, -0.2) is 0 Å². The maximum Gasteiger partial charge on any atom is 0.233 e. The fourth-order valence-corrected chi connectivity index (χ4v) is 4.38. The average molecular weight is 445 g/mol. The van der Waals surface area contributed by atoms with E-state index in [0.29, 0.717) is 5.16 Å². The average Bonchev–Trinajstić information content (AvgIpc) is 3.32. The molecule has 0 saturated heterocycles. The molecule has 0 bridgehead atoms. The summed E-state index contributed by atoms with van der Waals surface area (Å²) in [5.41, 5.74) is 3.05. The van der Waals surface area contributed by atoms with Crippen LogP contribution >= 0.6 is 11.8 Å². The Morgan fingerprint density at radius 2 is 1.56 bits per heavy atom. The maximum atomic E-state index is 13.2. The first-order valence-corrected chi connectivity index (χ1v) is 11.2. The summed E-state index contributed by atoms with van der Waals surface area (Å²) in [4.78, 5) is 15.0. The molecule has 0 saturated carbocycles. The predicted octanol–water partition coefficient (Wildman–Crippen LogP) is 4.62. The number of hydrogen-bond donors (Lipinski definition) is 0. The van der Waals surface area contributed by atoms with Gasteiger partial charge in [0.2, 0.25) is 5.91 Å². The molecule has 1 heterocycles. The number of hydrogen-bond acceptors (Lipinski definition) is 5. The zero-order valence-corrected chi connectivity index (χ0v) is 18.8. The molecule has 0 atom stereocenters. The molecule has 32 heavy (non-hydrogen) atoms. The Bertz CT molecular complexity index is 1110. The zero-order valence-electron chi connectivity index (χ0n) is 18.0. The molecule has 0 radical (unpaired) electrons. The first-order chi connectivity index (χ1) is 15.7. The molecular weight excluding hydrogens is 420 g/mol. The van der Waals surface area contributed by atoms with E-state index < -0.39 is 0 Å². The van der Waals surface area contributed by atoms with Gasteiger partial charge in [-0.15, -0.1) is 10.2 Å². The Labute approximate surface area is 191 Å². The van der Waals surface area contributed by atoms with Gasteiger partial charge in [-0.3, -0.25) is 9.36 Å². The van der Waals surface area contributed by atoms with Crippen LogP contribution < -0.4 is 4.74 Å². The predicted molar refractivity (Wildman–Crippen MR) is 126 cm³/mol. The minimum absolute atomic E-state index is 0.0111. The van der Waals surface area contributed by atoms with Crippen LogP contribution in [-0.4, -0.2) is 45.5 Å². The van der Waals surface area contributed by atoms with Gasteiger partial charge in [0.15, 0.2) is 5.16 Å². The topological polar surface area (TPSA) is 60.2 Å². The van der Waals surface area contributed by atoms with Gasteiger partial charge in [-0.2, -0.15) is 0 Å². The third-order valence-electron chi connectivity index (χ3n) is 5.20. The Balaban J connectivity index is 1.50. The minimum Gasteiger partial charge on any atom is -0.497 e. The van der Waals surface area contributed by atoms with Crippen molar-refractivity contribution in [3.8, 4) is 11.4 Å². The van der Waals surface area contributed by atoms with Crippen molar-refractivity contribution in [2.45, 2.75) is 11.2 Å². The third kappa shape index (κ3) is 4.84. The second kappa shape index (κ2) is 10.2. The fraction of sp³-hybridized carbons (Fsp3) is 0.160. The summed E-state index contributed by atoms with van der Waals surface area (Å²) in [5, 5.41) is 8.89. The Kier molecular flexibility index (Phi) is 6.87. The van der Waals surface area contributed by atoms with Crippen molar-refractivity contribution < 1.29 is 9.53 Å². The number of carbonyl (C=O) groups excluding carboxylic acids is 1. The second-order valence-electron chi connectivity index (χ2n) is 7.20. The number of amides is 1. The van der Waals surface area contributed by atoms with E-state index in [0.717, 1.165) is 22.6 Å². The number of nitrogens with zero attached hydrogens (tertiary/aromatic N) is 4. The molecule has 0 N–H and O–H groups in total. The molecule has 4 rings (SSSR count). The number of rotatable bonds is 8. The number of thioether (sulfide) groups is 1. The fourth-order valence-electron chi connectivity index (χ4n) is 3.53. The van der Waals surface area contributed by atoms with Crippen molar-refractivity contribution in [1.82, 2.24) is 19.7 Å². The van der Waals surface area contributed by atoms with Crippen molar-refractivity contribution in [3.05, 3.63) is 102 Å². The van der Waals surface area contributed by atoms with Gasteiger partial charge in [0.05, 0.1) is 18.9 Å². The summed E-state index contributed by atoms with van der Waals surface area (Å²) in [5.74, 6) is 1.04. The number of aromatic nitrogens is 3. The van der Waals surface area contributed by atoms with Crippen LogP contribution in [0.5, 0.6) is 5.75 Å². The maximum absolute atomic E-state index is 13.2. The van der Waals surface area contributed by atoms with Crippen LogP contribution in [-0.2, 0) is 4.79 Å². The molecule has 7 heteroatoms. The van der Waals surface area contributed by atoms with Gasteiger partial charge in [-0.05, 0) is 35.4 Å². The molecule has 0 fully saturated rings. The molecule has 3 aromatic carbocycles. The monoisotopic (exact) mass is 444 g/mol. The molecule has 0 spiro atoms. The number of benzene rings is 3. The summed E-state index contributed by atoms with van der Waals surface area (Å²) in [7, 11) is 3.48. The van der Waals surface area contributed by atoms with Crippen molar-refractivity contribution in [2.24, 2.45) is 0 Å². The van der Waals surface area contributed by atoms with E-state index in [1.54, 1.807) is 18.3 Å². The van der Waals surface area contributed by atoms with Crippen LogP contribution in [0.15, 0.2) is 96.4 Å². The molecule has 1 amide bonds. The lowest BCUT2D eigenvalue weighted by molar-refractivity contribution is -0.128. The van der Waals surface area contributed by atoms with E-state index in [1.165, 1.54) is 11.8 Å². The van der Waals surface area contributed by atoms with Crippen molar-refractivity contribution >= 4 is 17.7 Å². The van der Waals surface area contributed by atoms with Crippen LogP contribution in [0.2, 0.25) is 0 Å². The van der Waals surface area contributed by atoms with Crippen LogP contribution in [0.1, 0.15) is 17.2 Å². The Morgan fingerprint density at radius 1 is 0.969 bits per heavy atom. The molecule has 0 unspecified atom stereocenters. The molecule has 0 aliphatic heterocycles. The van der Waals surface area contributed by atoms with Gasteiger partial charge in [0, 0.05) is 12.7 Å². The highest BCUT2D eigenvalue weighted by Gasteiger charge is 2.24. The molecule has 1 aromatic heterocycles. The molecule has 6 nitrogen and oxygen atoms in total. The normalized spacial score (nSPS) is 10.8. The van der Waals surface area contributed by atoms with E-state index in [1.807, 2.05) is 72.3 Å². The van der Waals surface area contributed by atoms with E-state index in [-0.39, 0.29) is 17.7 Å². The van der Waals surface area contributed by atoms with Gasteiger partial charge >= 0.3 is 0 Å². The molecule has 0 aliphatic rings. The first kappa shape index (κ1) is 21.6. The standard InChI is InChI=1S/C25H24N4O2S/c1-28(24(19-9-5-3-6-10-19)20-11-7-4-8-12-20)23(30)17-32-25-27-26-18-29(25)21-13-15-22(31-2)16-14-21/h3-16,18,24H,17H2,1-2H3. The van der Waals surface area contributed by atoms with E-state index in [4.69, 9.17) is 4.74 Å². The summed E-state index contributed by atoms with van der Waals surface area (Å²) in [6.45, 7) is 0. The lowest BCUT2D eigenvalue weighted by atomic mass is 9.97. The van der Waals surface area contributed by atoms with E-state index in [2.05, 4.69) is 34.5 Å². The first-order valence-electron chi connectivity index (χ1n) is 10.2. The van der Waals surface area contributed by atoms with Crippen LogP contribution in [0.4, 0.5) is 0 Å². The molecule has 0 aliphatic carbocycles. The summed E-state index contributed by atoms with van der Waals surface area (Å²) >= 11 is 1.37. The summed E-state index contributed by atoms with van der Waals surface area (Å²) < 4.78 is 7.09. The highest BCUT2D eigenvalue weighted by atomic mass is 32.2. The minimum atomic E-state index is -0.162. The van der Waals surface area contributed by atoms with E-state index in [9.17, 15) is 4.79 Å². The van der Waals surface area contributed by atoms with Crippen molar-refractivity contribution in [1.29, 1.82) is 0 Å². The van der Waals surface area contributed by atoms with Crippen molar-refractivity contribution in [2.75, 3.05) is 19.9 Å². The summed E-state index contributed by atoms with van der Waals surface area (Å²) in [6, 6.07) is 27.6. The van der Waals surface area contributed by atoms with Crippen LogP contribution in [0, 0.1) is 0 Å². The number of carbonyl (C=O) groups is 1. The highest BCUT2D eigenvalue weighted by molar-refractivity contribution is 7.99. The lowest BCUT2D eigenvalue weighted by Crippen LogP contribution is -2.33. The molecule has 162 valence electrons. The number of ether oxygens (including phenoxy) is 1. The van der Waals surface area contributed by atoms with Gasteiger partial charge < -0.3 is 9.64 Å². The SMILES string of the molecule is COc1ccc(-n2cnnc2SCC(=O)N(C)C(c2ccccc2)c2ccccc2)cc1. The molecule has 4 aromatic rings. The van der Waals surface area contributed by atoms with Gasteiger partial charge in [0.1, 0.15) is 12.1 Å². The summed E-state index contributed by atoms with van der Waals surface area (Å²) in [6.07, 6.45) is 1.65. The van der Waals surface area contributed by atoms with Gasteiger partial charge in [-0.1, -0.05) is 72.4 Å². The smallest absolute Gasteiger partial charge is 0.233 e. The van der Waals surface area contributed by atoms with E-state index >= 15 is 0 Å². The third-order valence-corrected chi connectivity index (χ3v) is 6.13. The quantitative estimate of drug-likeness (QED) is 0.371. The zero-order chi connectivity index (χ0) is 22.3. The number of methoxy groups -OCH3 is 1.